The zero-order valence-corrected chi connectivity index (χ0v) is 15.3. The summed E-state index contributed by atoms with van der Waals surface area (Å²) < 4.78 is 5.73. The lowest BCUT2D eigenvalue weighted by atomic mass is 10.0. The number of amides is 1. The average molecular weight is 354 g/mol. The van der Waals surface area contributed by atoms with E-state index < -0.39 is 0 Å². The lowest BCUT2D eigenvalue weighted by Gasteiger charge is -2.31. The number of carbonyl (C=O) groups excluding carboxylic acids is 1. The average Bonchev–Trinajstić information content (AvgIpc) is 2.61. The predicted molar refractivity (Wildman–Crippen MR) is 104 cm³/mol. The van der Waals surface area contributed by atoms with Crippen LogP contribution in [0.15, 0.2) is 48.5 Å². The number of para-hydroxylation sites is 2. The van der Waals surface area contributed by atoms with Crippen LogP contribution < -0.4 is 15.0 Å². The maximum Gasteiger partial charge on any atom is 0.261 e. The molecular formula is C20H22N2O2S. The minimum atomic E-state index is -0.246. The van der Waals surface area contributed by atoms with E-state index >= 15 is 0 Å². The smallest absolute Gasteiger partial charge is 0.261 e. The number of benzene rings is 2. The molecule has 25 heavy (non-hydrogen) atoms. The second-order valence-electron chi connectivity index (χ2n) is 6.31. The highest BCUT2D eigenvalue weighted by atomic mass is 32.1. The molecule has 0 aliphatic carbocycles. The Labute approximate surface area is 153 Å². The Balaban J connectivity index is 1.77. The van der Waals surface area contributed by atoms with Crippen LogP contribution in [0.3, 0.4) is 0 Å². The molecule has 0 aromatic heterocycles. The summed E-state index contributed by atoms with van der Waals surface area (Å²) in [6, 6.07) is 15.4. The third kappa shape index (κ3) is 3.99. The number of fused-ring (bicyclic) bond motifs is 1. The summed E-state index contributed by atoms with van der Waals surface area (Å²) in [4.78, 5) is 14.7. The third-order valence-corrected chi connectivity index (χ3v) is 4.39. The second-order valence-corrected chi connectivity index (χ2v) is 6.69. The van der Waals surface area contributed by atoms with Crippen molar-refractivity contribution in [1.82, 2.24) is 5.32 Å². The number of thiocarbonyl (C=S) groups is 1. The molecule has 1 aliphatic rings. The van der Waals surface area contributed by atoms with Gasteiger partial charge in [-0.2, -0.15) is 0 Å². The Morgan fingerprint density at radius 3 is 2.68 bits per heavy atom. The largest absolute Gasteiger partial charge is 0.490 e. The summed E-state index contributed by atoms with van der Waals surface area (Å²) in [5.74, 6) is 0.321. The van der Waals surface area contributed by atoms with Crippen molar-refractivity contribution in [3.8, 4) is 5.75 Å². The highest BCUT2D eigenvalue weighted by molar-refractivity contribution is 7.80. The standard InChI is InChI=1S/C20H22N2O2S/c1-14(2)24-18-12-6-4-10-16(18)19(23)21-20(25)22-13-7-9-15-8-3-5-11-17(15)22/h3-6,8,10-12,14H,7,9,13H2,1-2H3,(H,21,23,25). The summed E-state index contributed by atoms with van der Waals surface area (Å²) in [6.45, 7) is 4.67. The van der Waals surface area contributed by atoms with Gasteiger partial charge in [-0.25, -0.2) is 0 Å². The first kappa shape index (κ1) is 17.4. The fourth-order valence-corrected chi connectivity index (χ4v) is 3.27. The molecule has 2 aromatic carbocycles. The van der Waals surface area contributed by atoms with Crippen LogP contribution >= 0.6 is 12.2 Å². The van der Waals surface area contributed by atoms with Crippen molar-refractivity contribution < 1.29 is 9.53 Å². The van der Waals surface area contributed by atoms with Gasteiger partial charge in [0.25, 0.3) is 5.91 Å². The first-order valence-corrected chi connectivity index (χ1v) is 8.93. The molecule has 1 aliphatic heterocycles. The van der Waals surface area contributed by atoms with Crippen molar-refractivity contribution in [1.29, 1.82) is 0 Å². The van der Waals surface area contributed by atoms with Gasteiger partial charge in [0, 0.05) is 12.2 Å². The fraction of sp³-hybridized carbons (Fsp3) is 0.300. The van der Waals surface area contributed by atoms with E-state index in [9.17, 15) is 4.79 Å². The quantitative estimate of drug-likeness (QED) is 0.848. The van der Waals surface area contributed by atoms with Gasteiger partial charge in [-0.05, 0) is 62.7 Å². The molecule has 0 bridgehead atoms. The van der Waals surface area contributed by atoms with Crippen LogP contribution in [0.5, 0.6) is 5.75 Å². The van der Waals surface area contributed by atoms with E-state index in [4.69, 9.17) is 17.0 Å². The van der Waals surface area contributed by atoms with Crippen molar-refractivity contribution in [2.24, 2.45) is 0 Å². The van der Waals surface area contributed by atoms with Gasteiger partial charge >= 0.3 is 0 Å². The summed E-state index contributed by atoms with van der Waals surface area (Å²) in [5, 5.41) is 3.29. The molecule has 1 heterocycles. The van der Waals surface area contributed by atoms with E-state index in [1.807, 2.05) is 49.1 Å². The Kier molecular flexibility index (Phi) is 5.34. The number of rotatable bonds is 3. The van der Waals surface area contributed by atoms with Crippen molar-refractivity contribution in [3.05, 3.63) is 59.7 Å². The van der Waals surface area contributed by atoms with Gasteiger partial charge in [0.15, 0.2) is 5.11 Å². The molecule has 0 fully saturated rings. The molecule has 4 nitrogen and oxygen atoms in total. The maximum atomic E-state index is 12.7. The number of ether oxygens (including phenoxy) is 1. The Hall–Kier alpha value is -2.40. The van der Waals surface area contributed by atoms with Crippen molar-refractivity contribution in [2.75, 3.05) is 11.4 Å². The molecule has 0 unspecified atom stereocenters. The van der Waals surface area contributed by atoms with E-state index in [-0.39, 0.29) is 12.0 Å². The Morgan fingerprint density at radius 2 is 1.88 bits per heavy atom. The number of carbonyl (C=O) groups is 1. The van der Waals surface area contributed by atoms with Gasteiger partial charge in [0.1, 0.15) is 5.75 Å². The van der Waals surface area contributed by atoms with E-state index in [1.54, 1.807) is 12.1 Å². The number of hydrogen-bond donors (Lipinski definition) is 1. The molecule has 0 saturated carbocycles. The van der Waals surface area contributed by atoms with Crippen LogP contribution in [-0.4, -0.2) is 23.7 Å². The van der Waals surface area contributed by atoms with E-state index in [2.05, 4.69) is 11.4 Å². The van der Waals surface area contributed by atoms with Crippen molar-refractivity contribution in [2.45, 2.75) is 32.8 Å². The van der Waals surface area contributed by atoms with Crippen LogP contribution in [0.4, 0.5) is 5.69 Å². The molecule has 5 heteroatoms. The number of anilines is 1. The predicted octanol–water partition coefficient (Wildman–Crippen LogP) is 3.94. The van der Waals surface area contributed by atoms with Crippen molar-refractivity contribution >= 4 is 28.9 Å². The Bertz CT molecular complexity index is 789. The van der Waals surface area contributed by atoms with Crippen LogP contribution in [0.25, 0.3) is 0 Å². The normalized spacial score (nSPS) is 13.3. The van der Waals surface area contributed by atoms with Crippen LogP contribution in [0.2, 0.25) is 0 Å². The van der Waals surface area contributed by atoms with Gasteiger partial charge in [-0.3, -0.25) is 10.1 Å². The summed E-state index contributed by atoms with van der Waals surface area (Å²) >= 11 is 5.51. The van der Waals surface area contributed by atoms with E-state index in [1.165, 1.54) is 5.56 Å². The van der Waals surface area contributed by atoms with Gasteiger partial charge in [-0.1, -0.05) is 30.3 Å². The summed E-state index contributed by atoms with van der Waals surface area (Å²) in [6.07, 6.45) is 2.05. The van der Waals surface area contributed by atoms with Crippen LogP contribution in [0.1, 0.15) is 36.2 Å². The van der Waals surface area contributed by atoms with Gasteiger partial charge < -0.3 is 9.64 Å². The monoisotopic (exact) mass is 354 g/mol. The fourth-order valence-electron chi connectivity index (χ4n) is 2.99. The van der Waals surface area contributed by atoms with Gasteiger partial charge in [0.05, 0.1) is 11.7 Å². The molecule has 1 amide bonds. The second kappa shape index (κ2) is 7.66. The molecule has 3 rings (SSSR count). The molecule has 0 atom stereocenters. The first-order valence-electron chi connectivity index (χ1n) is 8.52. The molecule has 130 valence electrons. The van der Waals surface area contributed by atoms with Gasteiger partial charge in [0.2, 0.25) is 0 Å². The highest BCUT2D eigenvalue weighted by Gasteiger charge is 2.22. The zero-order valence-electron chi connectivity index (χ0n) is 14.5. The topological polar surface area (TPSA) is 41.6 Å². The lowest BCUT2D eigenvalue weighted by molar-refractivity contribution is 0.0971. The van der Waals surface area contributed by atoms with Gasteiger partial charge in [-0.15, -0.1) is 0 Å². The van der Waals surface area contributed by atoms with E-state index in [0.29, 0.717) is 16.4 Å². The van der Waals surface area contributed by atoms with E-state index in [0.717, 1.165) is 25.1 Å². The number of aryl methyl sites for hydroxylation is 1. The first-order chi connectivity index (χ1) is 12.1. The minimum Gasteiger partial charge on any atom is -0.490 e. The third-order valence-electron chi connectivity index (χ3n) is 4.07. The molecule has 0 spiro atoms. The molecule has 0 saturated heterocycles. The minimum absolute atomic E-state index is 0.00475. The van der Waals surface area contributed by atoms with Crippen LogP contribution in [0, 0.1) is 0 Å². The number of hydrogen-bond acceptors (Lipinski definition) is 3. The zero-order chi connectivity index (χ0) is 17.8. The number of nitrogens with zero attached hydrogens (tertiary/aromatic N) is 1. The van der Waals surface area contributed by atoms with Crippen LogP contribution in [-0.2, 0) is 6.42 Å². The SMILES string of the molecule is CC(C)Oc1ccccc1C(=O)NC(=S)N1CCCc2ccccc21. The number of nitrogens with one attached hydrogen (secondary N) is 1. The highest BCUT2D eigenvalue weighted by Crippen LogP contribution is 2.27. The molecule has 0 radical (unpaired) electrons. The maximum absolute atomic E-state index is 12.7. The summed E-state index contributed by atoms with van der Waals surface area (Å²) in [7, 11) is 0. The summed E-state index contributed by atoms with van der Waals surface area (Å²) in [5.41, 5.74) is 2.82. The van der Waals surface area contributed by atoms with Crippen molar-refractivity contribution in [3.63, 3.8) is 0 Å². The molecular weight excluding hydrogens is 332 g/mol. The Morgan fingerprint density at radius 1 is 1.16 bits per heavy atom. The molecule has 2 aromatic rings. The molecule has 1 N–H and O–H groups in total. The lowest BCUT2D eigenvalue weighted by Crippen LogP contribution is -2.45.